The van der Waals surface area contributed by atoms with Crippen LogP contribution in [0, 0.1) is 0 Å². The monoisotopic (exact) mass is 250 g/mol. The minimum absolute atomic E-state index is 0.153. The number of hydrogen-bond acceptors (Lipinski definition) is 4. The fourth-order valence-electron chi connectivity index (χ4n) is 1.20. The van der Waals surface area contributed by atoms with E-state index in [-0.39, 0.29) is 11.3 Å². The summed E-state index contributed by atoms with van der Waals surface area (Å²) < 4.78 is 2.85. The molecule has 6 nitrogen and oxygen atoms in total. The van der Waals surface area contributed by atoms with E-state index in [1.165, 1.54) is 30.5 Å². The summed E-state index contributed by atoms with van der Waals surface area (Å²) in [5.41, 5.74) is -0.108. The summed E-state index contributed by atoms with van der Waals surface area (Å²) in [7, 11) is 3.29. The second kappa shape index (κ2) is 4.46. The number of nitrogens with zero attached hydrogens (tertiary/aromatic N) is 4. The lowest BCUT2D eigenvalue weighted by molar-refractivity contribution is 0.0991. The molecule has 0 N–H and O–H groups in total. The van der Waals surface area contributed by atoms with Gasteiger partial charge in [0, 0.05) is 31.7 Å². The van der Waals surface area contributed by atoms with E-state index in [1.54, 1.807) is 11.6 Å². The Morgan fingerprint density at radius 3 is 2.76 bits per heavy atom. The third-order valence-electron chi connectivity index (χ3n) is 2.14. The highest BCUT2D eigenvalue weighted by molar-refractivity contribution is 7.07. The van der Waals surface area contributed by atoms with Crippen LogP contribution in [0.1, 0.15) is 10.5 Å². The molecule has 0 atom stereocenters. The molecule has 0 saturated carbocycles. The predicted molar refractivity (Wildman–Crippen MR) is 62.7 cm³/mol. The summed E-state index contributed by atoms with van der Waals surface area (Å²) in [6.07, 6.45) is 1.81. The van der Waals surface area contributed by atoms with E-state index in [0.29, 0.717) is 4.80 Å². The minimum Gasteiger partial charge on any atom is -0.327 e. The first kappa shape index (κ1) is 11.5. The highest BCUT2D eigenvalue weighted by Crippen LogP contribution is 1.94. The van der Waals surface area contributed by atoms with Crippen molar-refractivity contribution in [2.24, 2.45) is 19.1 Å². The zero-order chi connectivity index (χ0) is 12.4. The Balaban J connectivity index is 2.42. The number of rotatable bonds is 1. The van der Waals surface area contributed by atoms with Crippen molar-refractivity contribution in [1.82, 2.24) is 14.3 Å². The maximum Gasteiger partial charge on any atom is 0.300 e. The summed E-state index contributed by atoms with van der Waals surface area (Å²) in [6.45, 7) is 0. The fraction of sp³-hybridized carbons (Fsp3) is 0.200. The molecule has 2 heterocycles. The molecular weight excluding hydrogens is 240 g/mol. The van der Waals surface area contributed by atoms with Crippen LogP contribution in [0.5, 0.6) is 0 Å². The Kier molecular flexibility index (Phi) is 3.01. The Hall–Kier alpha value is -2.02. The number of carbonyl (C=O) groups excluding carboxylic acids is 1. The molecule has 0 saturated heterocycles. The van der Waals surface area contributed by atoms with Gasteiger partial charge in [0.15, 0.2) is 10.5 Å². The molecule has 0 aromatic carbocycles. The molecule has 1 amide bonds. The van der Waals surface area contributed by atoms with Gasteiger partial charge in [-0.25, -0.2) is 4.68 Å². The highest BCUT2D eigenvalue weighted by Gasteiger charge is 2.07. The molecule has 0 bridgehead atoms. The van der Waals surface area contributed by atoms with E-state index in [1.807, 2.05) is 11.6 Å². The van der Waals surface area contributed by atoms with Crippen molar-refractivity contribution in [2.45, 2.75) is 0 Å². The number of thiazole rings is 1. The summed E-state index contributed by atoms with van der Waals surface area (Å²) >= 11 is 1.36. The van der Waals surface area contributed by atoms with Crippen LogP contribution in [0.25, 0.3) is 0 Å². The van der Waals surface area contributed by atoms with Crippen molar-refractivity contribution in [2.75, 3.05) is 0 Å². The third kappa shape index (κ3) is 2.39. The lowest BCUT2D eigenvalue weighted by atomic mass is 10.4. The molecule has 2 aromatic heterocycles. The Morgan fingerprint density at radius 2 is 2.18 bits per heavy atom. The molecule has 0 unspecified atom stereocenters. The summed E-state index contributed by atoms with van der Waals surface area (Å²) in [6, 6.07) is 2.67. The Labute approximate surface area is 100 Å². The first-order chi connectivity index (χ1) is 8.08. The quantitative estimate of drug-likeness (QED) is 0.711. The van der Waals surface area contributed by atoms with Gasteiger partial charge in [0.25, 0.3) is 11.5 Å². The van der Waals surface area contributed by atoms with Gasteiger partial charge in [-0.1, -0.05) is 0 Å². The maximum absolute atomic E-state index is 11.8. The molecule has 0 aliphatic heterocycles. The fourth-order valence-corrected chi connectivity index (χ4v) is 1.92. The number of aromatic nitrogens is 3. The zero-order valence-electron chi connectivity index (χ0n) is 9.32. The second-order valence-electron chi connectivity index (χ2n) is 3.39. The first-order valence-corrected chi connectivity index (χ1v) is 5.69. The number of carbonyl (C=O) groups is 1. The first-order valence-electron chi connectivity index (χ1n) is 4.81. The molecule has 0 spiro atoms. The number of amides is 1. The van der Waals surface area contributed by atoms with Crippen LogP contribution in [-0.4, -0.2) is 20.3 Å². The molecule has 7 heteroatoms. The lowest BCUT2D eigenvalue weighted by Gasteiger charge is -1.97. The van der Waals surface area contributed by atoms with E-state index in [0.717, 1.165) is 4.68 Å². The van der Waals surface area contributed by atoms with Crippen LogP contribution in [0.2, 0.25) is 0 Å². The topological polar surface area (TPSA) is 69.2 Å². The van der Waals surface area contributed by atoms with E-state index < -0.39 is 5.91 Å². The zero-order valence-corrected chi connectivity index (χ0v) is 10.1. The van der Waals surface area contributed by atoms with Crippen LogP contribution in [0.15, 0.2) is 33.5 Å². The average molecular weight is 250 g/mol. The van der Waals surface area contributed by atoms with Gasteiger partial charge in [-0.05, 0) is 6.07 Å². The van der Waals surface area contributed by atoms with Gasteiger partial charge >= 0.3 is 0 Å². The van der Waals surface area contributed by atoms with Gasteiger partial charge in [0.1, 0.15) is 0 Å². The van der Waals surface area contributed by atoms with Crippen molar-refractivity contribution in [1.29, 1.82) is 0 Å². The van der Waals surface area contributed by atoms with Gasteiger partial charge in [0.2, 0.25) is 0 Å². The molecule has 0 radical (unpaired) electrons. The Bertz CT molecular complexity index is 680. The lowest BCUT2D eigenvalue weighted by Crippen LogP contribution is -2.21. The Morgan fingerprint density at radius 1 is 1.41 bits per heavy atom. The van der Waals surface area contributed by atoms with Crippen LogP contribution in [0.4, 0.5) is 0 Å². The maximum atomic E-state index is 11.8. The molecule has 0 aliphatic rings. The molecule has 2 aromatic rings. The van der Waals surface area contributed by atoms with Crippen molar-refractivity contribution in [3.8, 4) is 0 Å². The van der Waals surface area contributed by atoms with Gasteiger partial charge in [0.05, 0.1) is 0 Å². The summed E-state index contributed by atoms with van der Waals surface area (Å²) in [4.78, 5) is 27.4. The highest BCUT2D eigenvalue weighted by atomic mass is 32.1. The SMILES string of the molecule is Cn1ccsc1=NC(=O)c1ccc(=O)n(C)n1. The van der Waals surface area contributed by atoms with E-state index >= 15 is 0 Å². The summed E-state index contributed by atoms with van der Waals surface area (Å²) in [5, 5.41) is 5.67. The molecule has 0 fully saturated rings. The van der Waals surface area contributed by atoms with E-state index in [2.05, 4.69) is 10.1 Å². The molecule has 0 aliphatic carbocycles. The van der Waals surface area contributed by atoms with Crippen LogP contribution in [0.3, 0.4) is 0 Å². The standard InChI is InChI=1S/C10H10N4O2S/c1-13-5-6-17-10(13)11-9(16)7-3-4-8(15)14(2)12-7/h3-6H,1-2H3. The smallest absolute Gasteiger partial charge is 0.300 e. The van der Waals surface area contributed by atoms with E-state index in [9.17, 15) is 9.59 Å². The van der Waals surface area contributed by atoms with Crippen molar-refractivity contribution in [3.05, 3.63) is 44.6 Å². The van der Waals surface area contributed by atoms with Gasteiger partial charge in [-0.15, -0.1) is 11.3 Å². The predicted octanol–water partition coefficient (Wildman–Crippen LogP) is -0.0786. The average Bonchev–Trinajstić information content (AvgIpc) is 2.68. The van der Waals surface area contributed by atoms with Crippen LogP contribution < -0.4 is 10.4 Å². The van der Waals surface area contributed by atoms with Crippen molar-refractivity contribution < 1.29 is 4.79 Å². The largest absolute Gasteiger partial charge is 0.327 e. The third-order valence-corrected chi connectivity index (χ3v) is 2.98. The number of aryl methyl sites for hydroxylation is 2. The van der Waals surface area contributed by atoms with Gasteiger partial charge in [-0.2, -0.15) is 10.1 Å². The minimum atomic E-state index is -0.460. The van der Waals surface area contributed by atoms with Crippen LogP contribution in [-0.2, 0) is 14.1 Å². The normalized spacial score (nSPS) is 11.8. The molecule has 88 valence electrons. The number of hydrogen-bond donors (Lipinski definition) is 0. The molecule has 17 heavy (non-hydrogen) atoms. The van der Waals surface area contributed by atoms with Crippen LogP contribution >= 0.6 is 11.3 Å². The second-order valence-corrected chi connectivity index (χ2v) is 4.27. The van der Waals surface area contributed by atoms with Gasteiger partial charge < -0.3 is 4.57 Å². The van der Waals surface area contributed by atoms with E-state index in [4.69, 9.17) is 0 Å². The van der Waals surface area contributed by atoms with Crippen molar-refractivity contribution >= 4 is 17.2 Å². The summed E-state index contributed by atoms with van der Waals surface area (Å²) in [5.74, 6) is -0.460. The molecular formula is C10H10N4O2S. The molecule has 2 rings (SSSR count). The van der Waals surface area contributed by atoms with Gasteiger partial charge in [-0.3, -0.25) is 9.59 Å². The van der Waals surface area contributed by atoms with Crippen molar-refractivity contribution in [3.63, 3.8) is 0 Å².